The highest BCUT2D eigenvalue weighted by Crippen LogP contribution is 2.23. The zero-order chi connectivity index (χ0) is 11.4. The number of carbonyl (C=O) groups excluding carboxylic acids is 1. The molecule has 0 aliphatic rings. The van der Waals surface area contributed by atoms with E-state index < -0.39 is 0 Å². The summed E-state index contributed by atoms with van der Waals surface area (Å²) < 4.78 is 0. The summed E-state index contributed by atoms with van der Waals surface area (Å²) in [5, 5.41) is 0. The fourth-order valence-corrected chi connectivity index (χ4v) is 1.55. The van der Waals surface area contributed by atoms with Crippen LogP contribution in [0.2, 0.25) is 0 Å². The molecule has 0 radical (unpaired) electrons. The SMILES string of the molecule is C=C(C)N(C(C)=O)c1ccccc1CN. The number of rotatable bonds is 3. The summed E-state index contributed by atoms with van der Waals surface area (Å²) in [6, 6.07) is 7.57. The van der Waals surface area contributed by atoms with Crippen LogP contribution in [0, 0.1) is 0 Å². The average molecular weight is 204 g/mol. The number of nitrogens with two attached hydrogens (primary N) is 1. The lowest BCUT2D eigenvalue weighted by Crippen LogP contribution is -2.27. The molecule has 2 N–H and O–H groups in total. The van der Waals surface area contributed by atoms with Crippen molar-refractivity contribution in [1.29, 1.82) is 0 Å². The van der Waals surface area contributed by atoms with Crippen LogP contribution in [0.15, 0.2) is 36.5 Å². The normalized spacial score (nSPS) is 9.80. The summed E-state index contributed by atoms with van der Waals surface area (Å²) in [6.45, 7) is 7.52. The van der Waals surface area contributed by atoms with E-state index in [9.17, 15) is 4.79 Å². The maximum atomic E-state index is 11.5. The highest BCUT2D eigenvalue weighted by atomic mass is 16.2. The van der Waals surface area contributed by atoms with Gasteiger partial charge in [-0.05, 0) is 18.6 Å². The van der Waals surface area contributed by atoms with Crippen LogP contribution in [-0.4, -0.2) is 5.91 Å². The largest absolute Gasteiger partial charge is 0.326 e. The molecule has 0 heterocycles. The number of amides is 1. The number of hydrogen-bond donors (Lipinski definition) is 1. The van der Waals surface area contributed by atoms with Crippen LogP contribution in [0.1, 0.15) is 19.4 Å². The zero-order valence-corrected chi connectivity index (χ0v) is 9.16. The van der Waals surface area contributed by atoms with Crippen LogP contribution < -0.4 is 10.6 Å². The predicted molar refractivity (Wildman–Crippen MR) is 62.3 cm³/mol. The van der Waals surface area contributed by atoms with E-state index in [0.29, 0.717) is 12.2 Å². The zero-order valence-electron chi connectivity index (χ0n) is 9.16. The van der Waals surface area contributed by atoms with E-state index in [-0.39, 0.29) is 5.91 Å². The molecule has 0 aromatic heterocycles. The monoisotopic (exact) mass is 204 g/mol. The molecule has 0 atom stereocenters. The molecule has 0 fully saturated rings. The van der Waals surface area contributed by atoms with Crippen molar-refractivity contribution in [3.05, 3.63) is 42.1 Å². The van der Waals surface area contributed by atoms with Gasteiger partial charge in [-0.25, -0.2) is 0 Å². The van der Waals surface area contributed by atoms with Gasteiger partial charge < -0.3 is 5.73 Å². The van der Waals surface area contributed by atoms with Gasteiger partial charge in [-0.15, -0.1) is 0 Å². The number of allylic oxidation sites excluding steroid dienone is 1. The average Bonchev–Trinajstić information content (AvgIpc) is 2.17. The predicted octanol–water partition coefficient (Wildman–Crippen LogP) is 2.03. The molecule has 0 spiro atoms. The standard InChI is InChI=1S/C12H16N2O/c1-9(2)14(10(3)15)12-7-5-4-6-11(12)8-13/h4-7H,1,8,13H2,2-3H3. The molecule has 1 amide bonds. The molecule has 0 aliphatic heterocycles. The van der Waals surface area contributed by atoms with E-state index in [0.717, 1.165) is 11.3 Å². The molecule has 80 valence electrons. The van der Waals surface area contributed by atoms with Gasteiger partial charge in [0, 0.05) is 19.2 Å². The van der Waals surface area contributed by atoms with Gasteiger partial charge in [-0.3, -0.25) is 9.69 Å². The van der Waals surface area contributed by atoms with Gasteiger partial charge in [0.05, 0.1) is 5.69 Å². The first-order valence-corrected chi connectivity index (χ1v) is 4.82. The smallest absolute Gasteiger partial charge is 0.228 e. The van der Waals surface area contributed by atoms with E-state index in [2.05, 4.69) is 6.58 Å². The lowest BCUT2D eigenvalue weighted by molar-refractivity contribution is -0.116. The second-order valence-corrected chi connectivity index (χ2v) is 3.42. The van der Waals surface area contributed by atoms with Crippen molar-refractivity contribution < 1.29 is 4.79 Å². The second-order valence-electron chi connectivity index (χ2n) is 3.42. The summed E-state index contributed by atoms with van der Waals surface area (Å²) in [7, 11) is 0. The van der Waals surface area contributed by atoms with Crippen LogP contribution in [0.5, 0.6) is 0 Å². The first-order valence-electron chi connectivity index (χ1n) is 4.82. The lowest BCUT2D eigenvalue weighted by atomic mass is 10.1. The molecular weight excluding hydrogens is 188 g/mol. The molecular formula is C12H16N2O. The molecule has 0 saturated carbocycles. The van der Waals surface area contributed by atoms with Crippen LogP contribution in [0.25, 0.3) is 0 Å². The van der Waals surface area contributed by atoms with Gasteiger partial charge in [0.2, 0.25) is 5.91 Å². The minimum absolute atomic E-state index is 0.0524. The topological polar surface area (TPSA) is 46.3 Å². The van der Waals surface area contributed by atoms with Crippen molar-refractivity contribution in [2.75, 3.05) is 4.90 Å². The quantitative estimate of drug-likeness (QED) is 0.818. The third-order valence-electron chi connectivity index (χ3n) is 2.15. The number of carbonyl (C=O) groups is 1. The fraction of sp³-hybridized carbons (Fsp3) is 0.250. The third kappa shape index (κ3) is 2.44. The Balaban J connectivity index is 3.22. The minimum Gasteiger partial charge on any atom is -0.326 e. The minimum atomic E-state index is -0.0524. The Hall–Kier alpha value is -1.61. The van der Waals surface area contributed by atoms with E-state index in [1.54, 1.807) is 11.8 Å². The van der Waals surface area contributed by atoms with Crippen LogP contribution in [0.4, 0.5) is 5.69 Å². The Morgan fingerprint density at radius 1 is 1.40 bits per heavy atom. The first-order chi connectivity index (χ1) is 7.07. The van der Waals surface area contributed by atoms with Gasteiger partial charge in [0.25, 0.3) is 0 Å². The van der Waals surface area contributed by atoms with Crippen molar-refractivity contribution in [1.82, 2.24) is 0 Å². The molecule has 0 saturated heterocycles. The Labute approximate surface area is 90.2 Å². The van der Waals surface area contributed by atoms with Crippen molar-refractivity contribution >= 4 is 11.6 Å². The van der Waals surface area contributed by atoms with Crippen LogP contribution in [-0.2, 0) is 11.3 Å². The van der Waals surface area contributed by atoms with Crippen LogP contribution >= 0.6 is 0 Å². The fourth-order valence-electron chi connectivity index (χ4n) is 1.55. The third-order valence-corrected chi connectivity index (χ3v) is 2.15. The van der Waals surface area contributed by atoms with Gasteiger partial charge in [0.1, 0.15) is 0 Å². The molecule has 0 bridgehead atoms. The summed E-state index contributed by atoms with van der Waals surface area (Å²) in [6.07, 6.45) is 0. The number of para-hydroxylation sites is 1. The Morgan fingerprint density at radius 3 is 2.47 bits per heavy atom. The van der Waals surface area contributed by atoms with Gasteiger partial charge >= 0.3 is 0 Å². The highest BCUT2D eigenvalue weighted by Gasteiger charge is 2.14. The Morgan fingerprint density at radius 2 is 2.00 bits per heavy atom. The Kier molecular flexibility index (Phi) is 3.63. The van der Waals surface area contributed by atoms with Crippen molar-refractivity contribution in [2.45, 2.75) is 20.4 Å². The molecule has 1 aromatic rings. The highest BCUT2D eigenvalue weighted by molar-refractivity contribution is 5.95. The van der Waals surface area contributed by atoms with Gasteiger partial charge in [-0.1, -0.05) is 24.8 Å². The molecule has 3 heteroatoms. The summed E-state index contributed by atoms with van der Waals surface area (Å²) >= 11 is 0. The van der Waals surface area contributed by atoms with Crippen LogP contribution in [0.3, 0.4) is 0 Å². The second kappa shape index (κ2) is 4.75. The van der Waals surface area contributed by atoms with Crippen molar-refractivity contribution in [2.24, 2.45) is 5.73 Å². The molecule has 1 aromatic carbocycles. The first kappa shape index (κ1) is 11.5. The molecule has 3 nitrogen and oxygen atoms in total. The van der Waals surface area contributed by atoms with E-state index in [1.807, 2.05) is 24.3 Å². The van der Waals surface area contributed by atoms with E-state index in [1.165, 1.54) is 6.92 Å². The maximum absolute atomic E-state index is 11.5. The molecule has 0 unspecified atom stereocenters. The Bertz CT molecular complexity index is 371. The number of nitrogens with zero attached hydrogens (tertiary/aromatic N) is 1. The van der Waals surface area contributed by atoms with E-state index in [4.69, 9.17) is 5.73 Å². The summed E-state index contributed by atoms with van der Waals surface area (Å²) in [5.41, 5.74) is 8.08. The van der Waals surface area contributed by atoms with Gasteiger partial charge in [0.15, 0.2) is 0 Å². The molecule has 0 aliphatic carbocycles. The lowest BCUT2D eigenvalue weighted by Gasteiger charge is -2.23. The number of anilines is 1. The van der Waals surface area contributed by atoms with E-state index >= 15 is 0 Å². The number of benzene rings is 1. The maximum Gasteiger partial charge on any atom is 0.228 e. The van der Waals surface area contributed by atoms with Crippen molar-refractivity contribution in [3.63, 3.8) is 0 Å². The van der Waals surface area contributed by atoms with Crippen molar-refractivity contribution in [3.8, 4) is 0 Å². The molecule has 1 rings (SSSR count). The summed E-state index contributed by atoms with van der Waals surface area (Å²) in [5.74, 6) is -0.0524. The number of hydrogen-bond acceptors (Lipinski definition) is 2. The molecule has 15 heavy (non-hydrogen) atoms. The van der Waals surface area contributed by atoms with Gasteiger partial charge in [-0.2, -0.15) is 0 Å². The summed E-state index contributed by atoms with van der Waals surface area (Å²) in [4.78, 5) is 13.0.